The van der Waals surface area contributed by atoms with Crippen LogP contribution in [0.15, 0.2) is 36.0 Å². The highest BCUT2D eigenvalue weighted by molar-refractivity contribution is 7.10. The molecule has 2 aromatic rings. The quantitative estimate of drug-likeness (QED) is 0.865. The average molecular weight is 329 g/mol. The van der Waals surface area contributed by atoms with Gasteiger partial charge in [0.1, 0.15) is 0 Å². The van der Waals surface area contributed by atoms with Gasteiger partial charge in [-0.05, 0) is 30.5 Å². The number of rotatable bonds is 4. The Morgan fingerprint density at radius 1 is 1.30 bits per heavy atom. The van der Waals surface area contributed by atoms with Crippen LogP contribution in [0.2, 0.25) is 0 Å². The molecule has 5 heteroatoms. The largest absolute Gasteiger partial charge is 0.337 e. The van der Waals surface area contributed by atoms with E-state index < -0.39 is 0 Å². The third-order valence-corrected chi connectivity index (χ3v) is 5.33. The number of hydrogen-bond donors (Lipinski definition) is 0. The topological polar surface area (TPSA) is 36.4 Å². The molecule has 1 saturated heterocycles. The van der Waals surface area contributed by atoms with E-state index in [0.717, 1.165) is 51.1 Å². The fraction of sp³-hybridized carbons (Fsp3) is 0.444. The first-order valence-corrected chi connectivity index (χ1v) is 9.12. The van der Waals surface area contributed by atoms with Crippen LogP contribution in [0.1, 0.15) is 34.1 Å². The predicted octanol–water partition coefficient (Wildman–Crippen LogP) is 3.05. The summed E-state index contributed by atoms with van der Waals surface area (Å²) < 4.78 is 0. The number of pyridine rings is 1. The second kappa shape index (κ2) is 7.70. The minimum Gasteiger partial charge on any atom is -0.337 e. The van der Waals surface area contributed by atoms with Crippen molar-refractivity contribution in [2.75, 3.05) is 26.2 Å². The van der Waals surface area contributed by atoms with E-state index in [1.807, 2.05) is 28.6 Å². The highest BCUT2D eigenvalue weighted by Crippen LogP contribution is 2.18. The van der Waals surface area contributed by atoms with E-state index in [0.29, 0.717) is 0 Å². The van der Waals surface area contributed by atoms with E-state index in [4.69, 9.17) is 0 Å². The maximum Gasteiger partial charge on any atom is 0.254 e. The van der Waals surface area contributed by atoms with Crippen LogP contribution >= 0.6 is 11.3 Å². The molecule has 0 aromatic carbocycles. The van der Waals surface area contributed by atoms with Crippen molar-refractivity contribution < 1.29 is 4.79 Å². The fourth-order valence-electron chi connectivity index (χ4n) is 2.94. The van der Waals surface area contributed by atoms with Gasteiger partial charge >= 0.3 is 0 Å². The number of thiophene rings is 1. The Bertz CT molecular complexity index is 641. The summed E-state index contributed by atoms with van der Waals surface area (Å²) in [6.07, 6.45) is 5.75. The van der Waals surface area contributed by atoms with Crippen LogP contribution in [0.25, 0.3) is 0 Å². The van der Waals surface area contributed by atoms with Gasteiger partial charge in [-0.2, -0.15) is 0 Å². The smallest absolute Gasteiger partial charge is 0.254 e. The van der Waals surface area contributed by atoms with E-state index in [-0.39, 0.29) is 5.91 Å². The number of hydrogen-bond acceptors (Lipinski definition) is 4. The highest BCUT2D eigenvalue weighted by atomic mass is 32.1. The van der Waals surface area contributed by atoms with Gasteiger partial charge in [0.2, 0.25) is 0 Å². The summed E-state index contributed by atoms with van der Waals surface area (Å²) in [6, 6.07) is 6.13. The molecule has 0 unspecified atom stereocenters. The van der Waals surface area contributed by atoms with Gasteiger partial charge in [0, 0.05) is 55.4 Å². The summed E-state index contributed by atoms with van der Waals surface area (Å²) in [5.74, 6) is 0.184. The second-order valence-electron chi connectivity index (χ2n) is 5.94. The molecule has 1 aliphatic heterocycles. The zero-order valence-corrected chi connectivity index (χ0v) is 14.4. The molecular formula is C18H23N3OS. The Hall–Kier alpha value is -1.72. The zero-order valence-electron chi connectivity index (χ0n) is 13.6. The van der Waals surface area contributed by atoms with Gasteiger partial charge in [-0.3, -0.25) is 14.7 Å². The van der Waals surface area contributed by atoms with E-state index in [9.17, 15) is 4.79 Å². The van der Waals surface area contributed by atoms with E-state index in [1.54, 1.807) is 17.5 Å². The Morgan fingerprint density at radius 3 is 2.96 bits per heavy atom. The zero-order chi connectivity index (χ0) is 16.1. The lowest BCUT2D eigenvalue weighted by atomic mass is 10.2. The van der Waals surface area contributed by atoms with Crippen LogP contribution in [-0.2, 0) is 13.0 Å². The summed E-state index contributed by atoms with van der Waals surface area (Å²) >= 11 is 1.68. The average Bonchev–Trinajstić information content (AvgIpc) is 2.95. The summed E-state index contributed by atoms with van der Waals surface area (Å²) in [6.45, 7) is 6.64. The van der Waals surface area contributed by atoms with Crippen molar-refractivity contribution in [3.63, 3.8) is 0 Å². The Balaban J connectivity index is 1.58. The molecule has 3 heterocycles. The van der Waals surface area contributed by atoms with Crippen molar-refractivity contribution in [2.24, 2.45) is 0 Å². The third kappa shape index (κ3) is 4.18. The molecule has 1 aliphatic rings. The second-order valence-corrected chi connectivity index (χ2v) is 6.93. The van der Waals surface area contributed by atoms with Crippen LogP contribution < -0.4 is 0 Å². The molecule has 0 bridgehead atoms. The van der Waals surface area contributed by atoms with Crippen LogP contribution in [0.5, 0.6) is 0 Å². The van der Waals surface area contributed by atoms with Gasteiger partial charge in [0.25, 0.3) is 5.91 Å². The molecule has 122 valence electrons. The highest BCUT2D eigenvalue weighted by Gasteiger charge is 2.21. The first-order valence-electron chi connectivity index (χ1n) is 8.24. The number of nitrogens with zero attached hydrogens (tertiary/aromatic N) is 3. The molecule has 2 aromatic heterocycles. The van der Waals surface area contributed by atoms with Crippen LogP contribution in [0.3, 0.4) is 0 Å². The molecule has 0 atom stereocenters. The number of carbonyl (C=O) groups is 1. The molecule has 0 N–H and O–H groups in total. The minimum absolute atomic E-state index is 0.184. The summed E-state index contributed by atoms with van der Waals surface area (Å²) in [5, 5.41) is 2.00. The molecule has 23 heavy (non-hydrogen) atoms. The van der Waals surface area contributed by atoms with E-state index in [2.05, 4.69) is 22.9 Å². The number of amides is 1. The Labute approximate surface area is 141 Å². The summed E-state index contributed by atoms with van der Waals surface area (Å²) in [7, 11) is 0. The maximum absolute atomic E-state index is 12.7. The lowest BCUT2D eigenvalue weighted by Crippen LogP contribution is -2.34. The SMILES string of the molecule is CCc1cc(C(=O)N2CCCN(Cc3cccnc3)CC2)cs1. The van der Waals surface area contributed by atoms with Crippen molar-refractivity contribution in [3.05, 3.63) is 52.0 Å². The van der Waals surface area contributed by atoms with Gasteiger partial charge in [-0.1, -0.05) is 13.0 Å². The molecular weight excluding hydrogens is 306 g/mol. The molecule has 0 spiro atoms. The molecule has 1 amide bonds. The summed E-state index contributed by atoms with van der Waals surface area (Å²) in [5.41, 5.74) is 2.09. The number of carbonyl (C=O) groups excluding carboxylic acids is 1. The number of aromatic nitrogens is 1. The maximum atomic E-state index is 12.7. The molecule has 0 saturated carbocycles. The molecule has 4 nitrogen and oxygen atoms in total. The standard InChI is InChI=1S/C18H23N3OS/c1-2-17-11-16(14-23-17)18(22)21-8-4-7-20(9-10-21)13-15-5-3-6-19-12-15/h3,5-6,11-12,14H,2,4,7-10,13H2,1H3. The summed E-state index contributed by atoms with van der Waals surface area (Å²) in [4.78, 5) is 22.5. The Morgan fingerprint density at radius 2 is 2.22 bits per heavy atom. The number of aryl methyl sites for hydroxylation is 1. The van der Waals surface area contributed by atoms with E-state index >= 15 is 0 Å². The van der Waals surface area contributed by atoms with Gasteiger partial charge in [-0.25, -0.2) is 0 Å². The Kier molecular flexibility index (Phi) is 5.41. The van der Waals surface area contributed by atoms with Gasteiger partial charge in [0.05, 0.1) is 5.56 Å². The van der Waals surface area contributed by atoms with Crippen molar-refractivity contribution in [3.8, 4) is 0 Å². The predicted molar refractivity (Wildman–Crippen MR) is 93.7 cm³/mol. The lowest BCUT2D eigenvalue weighted by Gasteiger charge is -2.21. The first kappa shape index (κ1) is 16.1. The van der Waals surface area contributed by atoms with Gasteiger partial charge in [-0.15, -0.1) is 11.3 Å². The van der Waals surface area contributed by atoms with E-state index in [1.165, 1.54) is 10.4 Å². The van der Waals surface area contributed by atoms with Crippen molar-refractivity contribution in [2.45, 2.75) is 26.3 Å². The van der Waals surface area contributed by atoms with Gasteiger partial charge < -0.3 is 4.90 Å². The lowest BCUT2D eigenvalue weighted by molar-refractivity contribution is 0.0761. The van der Waals surface area contributed by atoms with Crippen LogP contribution in [0.4, 0.5) is 0 Å². The van der Waals surface area contributed by atoms with Crippen molar-refractivity contribution in [1.82, 2.24) is 14.8 Å². The van der Waals surface area contributed by atoms with Crippen molar-refractivity contribution in [1.29, 1.82) is 0 Å². The first-order chi connectivity index (χ1) is 11.3. The van der Waals surface area contributed by atoms with Crippen molar-refractivity contribution >= 4 is 17.2 Å². The third-order valence-electron chi connectivity index (χ3n) is 4.25. The molecule has 0 aliphatic carbocycles. The van der Waals surface area contributed by atoms with Gasteiger partial charge in [0.15, 0.2) is 0 Å². The molecule has 0 radical (unpaired) electrons. The molecule has 1 fully saturated rings. The van der Waals surface area contributed by atoms with Crippen LogP contribution in [0, 0.1) is 0 Å². The molecule has 3 rings (SSSR count). The van der Waals surface area contributed by atoms with Crippen LogP contribution in [-0.4, -0.2) is 46.9 Å². The fourth-order valence-corrected chi connectivity index (χ4v) is 3.75. The monoisotopic (exact) mass is 329 g/mol. The minimum atomic E-state index is 0.184. The normalized spacial score (nSPS) is 16.3.